The van der Waals surface area contributed by atoms with E-state index in [1.165, 1.54) is 27.9 Å². The van der Waals surface area contributed by atoms with Gasteiger partial charge in [-0.05, 0) is 75.9 Å². The van der Waals surface area contributed by atoms with Crippen LogP contribution in [-0.4, -0.2) is 19.2 Å². The van der Waals surface area contributed by atoms with Crippen molar-refractivity contribution in [2.75, 3.05) is 0 Å². The van der Waals surface area contributed by atoms with E-state index in [0.29, 0.717) is 6.54 Å². The van der Waals surface area contributed by atoms with Gasteiger partial charge in [0.1, 0.15) is 11.4 Å². The molecule has 32 heavy (non-hydrogen) atoms. The molecule has 5 rings (SSSR count). The predicted molar refractivity (Wildman–Crippen MR) is 129 cm³/mol. The van der Waals surface area contributed by atoms with E-state index < -0.39 is 0 Å². The van der Waals surface area contributed by atoms with Gasteiger partial charge in [0.15, 0.2) is 5.65 Å². The van der Waals surface area contributed by atoms with Gasteiger partial charge in [-0.15, -0.1) is 0 Å². The van der Waals surface area contributed by atoms with Crippen molar-refractivity contribution in [1.82, 2.24) is 19.2 Å². The van der Waals surface area contributed by atoms with E-state index in [2.05, 4.69) is 64.3 Å². The fourth-order valence-corrected chi connectivity index (χ4v) is 5.14. The number of fused-ring (bicyclic) bond motifs is 3. The Morgan fingerprint density at radius 3 is 2.34 bits per heavy atom. The second kappa shape index (κ2) is 7.66. The van der Waals surface area contributed by atoms with E-state index in [4.69, 9.17) is 14.5 Å². The van der Waals surface area contributed by atoms with Crippen molar-refractivity contribution in [2.45, 2.75) is 60.9 Å². The first kappa shape index (κ1) is 20.6. The number of furan rings is 1. The van der Waals surface area contributed by atoms with Crippen molar-refractivity contribution in [2.24, 2.45) is 0 Å². The fourth-order valence-electron chi connectivity index (χ4n) is 5.14. The van der Waals surface area contributed by atoms with Gasteiger partial charge >= 0.3 is 0 Å². The van der Waals surface area contributed by atoms with Crippen LogP contribution in [-0.2, 0) is 13.0 Å². The van der Waals surface area contributed by atoms with Gasteiger partial charge in [0.05, 0.1) is 29.8 Å². The maximum atomic E-state index is 5.71. The molecule has 0 N–H and O–H groups in total. The Hall–Kier alpha value is -3.34. The summed E-state index contributed by atoms with van der Waals surface area (Å²) in [4.78, 5) is 5.08. The van der Waals surface area contributed by atoms with Gasteiger partial charge in [0.2, 0.25) is 0 Å². The maximum absolute atomic E-state index is 5.71. The van der Waals surface area contributed by atoms with Gasteiger partial charge < -0.3 is 8.98 Å². The van der Waals surface area contributed by atoms with Crippen LogP contribution in [0.25, 0.3) is 27.8 Å². The highest BCUT2D eigenvalue weighted by Gasteiger charge is 2.22. The molecule has 0 bridgehead atoms. The molecule has 0 saturated carbocycles. The lowest BCUT2D eigenvalue weighted by atomic mass is 9.94. The van der Waals surface area contributed by atoms with Gasteiger partial charge in [-0.3, -0.25) is 0 Å². The lowest BCUT2D eigenvalue weighted by Crippen LogP contribution is -2.08. The largest absolute Gasteiger partial charge is 0.467 e. The number of aryl methyl sites for hydroxylation is 6. The van der Waals surface area contributed by atoms with Crippen LogP contribution in [0.5, 0.6) is 0 Å². The Morgan fingerprint density at radius 2 is 1.69 bits per heavy atom. The molecule has 0 aliphatic carbocycles. The van der Waals surface area contributed by atoms with Crippen LogP contribution < -0.4 is 0 Å². The molecule has 5 aromatic rings. The van der Waals surface area contributed by atoms with Gasteiger partial charge in [-0.25, -0.2) is 4.98 Å². The lowest BCUT2D eigenvalue weighted by molar-refractivity contribution is 0.491. The summed E-state index contributed by atoms with van der Waals surface area (Å²) in [6, 6.07) is 10.8. The number of rotatable bonds is 5. The average molecular weight is 427 g/mol. The van der Waals surface area contributed by atoms with Crippen LogP contribution in [0.4, 0.5) is 0 Å². The molecule has 0 aliphatic rings. The van der Waals surface area contributed by atoms with Gasteiger partial charge in [0.25, 0.3) is 0 Å². The van der Waals surface area contributed by atoms with Crippen molar-refractivity contribution >= 4 is 16.7 Å². The molecule has 1 aromatic carbocycles. The predicted octanol–water partition coefficient (Wildman–Crippen LogP) is 6.49. The monoisotopic (exact) mass is 426 g/mol. The fraction of sp³-hybridized carbons (Fsp3) is 0.333. The standard InChI is InChI=1S/C27H30N4O/c1-7-9-21-14-23-19(5)28-26-25(24-17(3)12-16(2)13-18(24)4)20(6)29-31(26)27(23)30(21)15-22-10-8-11-32-22/h8,10-14H,7,9,15H2,1-6H3. The van der Waals surface area contributed by atoms with Crippen LogP contribution in [0.2, 0.25) is 0 Å². The molecule has 164 valence electrons. The molecule has 0 radical (unpaired) electrons. The van der Waals surface area contributed by atoms with Crippen LogP contribution >= 0.6 is 0 Å². The van der Waals surface area contributed by atoms with Crippen LogP contribution in [0.15, 0.2) is 41.0 Å². The third kappa shape index (κ3) is 3.15. The first-order chi connectivity index (χ1) is 15.4. The summed E-state index contributed by atoms with van der Waals surface area (Å²) in [6.07, 6.45) is 3.82. The zero-order valence-electron chi connectivity index (χ0n) is 19.8. The minimum atomic E-state index is 0.682. The zero-order chi connectivity index (χ0) is 22.6. The Labute approximate surface area is 188 Å². The number of aromatic nitrogens is 4. The summed E-state index contributed by atoms with van der Waals surface area (Å²) >= 11 is 0. The SMILES string of the molecule is CCCc1cc2c(C)nc3c(-c4c(C)cc(C)cc4C)c(C)nn3c2n1Cc1ccco1. The highest BCUT2D eigenvalue weighted by Crippen LogP contribution is 2.36. The van der Waals surface area contributed by atoms with Crippen LogP contribution in [0.3, 0.4) is 0 Å². The van der Waals surface area contributed by atoms with Crippen molar-refractivity contribution < 1.29 is 4.42 Å². The summed E-state index contributed by atoms with van der Waals surface area (Å²) in [5.74, 6) is 0.941. The minimum absolute atomic E-state index is 0.682. The maximum Gasteiger partial charge on any atom is 0.165 e. The summed E-state index contributed by atoms with van der Waals surface area (Å²) in [5, 5.41) is 6.18. The van der Waals surface area contributed by atoms with E-state index in [1.807, 2.05) is 16.6 Å². The summed E-state index contributed by atoms with van der Waals surface area (Å²) in [6.45, 7) is 13.6. The molecule has 0 saturated heterocycles. The van der Waals surface area contributed by atoms with Crippen molar-refractivity contribution in [3.63, 3.8) is 0 Å². The van der Waals surface area contributed by atoms with Crippen LogP contribution in [0.1, 0.15) is 52.9 Å². The molecule has 5 nitrogen and oxygen atoms in total. The molecule has 5 heteroatoms. The number of hydrogen-bond acceptors (Lipinski definition) is 3. The Bertz CT molecular complexity index is 1430. The third-order valence-corrected chi connectivity index (χ3v) is 6.38. The first-order valence-corrected chi connectivity index (χ1v) is 11.4. The third-order valence-electron chi connectivity index (χ3n) is 6.38. The second-order valence-corrected chi connectivity index (χ2v) is 8.96. The van der Waals surface area contributed by atoms with Gasteiger partial charge in [0, 0.05) is 11.1 Å². The quantitative estimate of drug-likeness (QED) is 0.323. The Kier molecular flexibility index (Phi) is 4.92. The van der Waals surface area contributed by atoms with E-state index in [-0.39, 0.29) is 0 Å². The lowest BCUT2D eigenvalue weighted by Gasteiger charge is -2.12. The highest BCUT2D eigenvalue weighted by molar-refractivity contribution is 5.90. The summed E-state index contributed by atoms with van der Waals surface area (Å²) < 4.78 is 10.1. The number of benzene rings is 1. The first-order valence-electron chi connectivity index (χ1n) is 11.4. The topological polar surface area (TPSA) is 48.3 Å². The number of hydrogen-bond donors (Lipinski definition) is 0. The van der Waals surface area contributed by atoms with Crippen molar-refractivity contribution in [3.8, 4) is 11.1 Å². The molecular weight excluding hydrogens is 396 g/mol. The molecular formula is C27H30N4O. The molecule has 4 aromatic heterocycles. The summed E-state index contributed by atoms with van der Waals surface area (Å²) in [5.41, 5.74) is 11.5. The van der Waals surface area contributed by atoms with E-state index in [9.17, 15) is 0 Å². The van der Waals surface area contributed by atoms with E-state index in [1.54, 1.807) is 6.26 Å². The summed E-state index contributed by atoms with van der Waals surface area (Å²) in [7, 11) is 0. The highest BCUT2D eigenvalue weighted by atomic mass is 16.3. The van der Waals surface area contributed by atoms with Crippen molar-refractivity contribution in [1.29, 1.82) is 0 Å². The Balaban J connectivity index is 1.86. The van der Waals surface area contributed by atoms with Crippen LogP contribution in [0, 0.1) is 34.6 Å². The molecule has 4 heterocycles. The molecule has 0 unspecified atom stereocenters. The molecule has 0 spiro atoms. The van der Waals surface area contributed by atoms with E-state index >= 15 is 0 Å². The van der Waals surface area contributed by atoms with Crippen molar-refractivity contribution in [3.05, 3.63) is 76.1 Å². The van der Waals surface area contributed by atoms with Gasteiger partial charge in [-0.1, -0.05) is 31.0 Å². The minimum Gasteiger partial charge on any atom is -0.467 e. The molecule has 0 fully saturated rings. The molecule has 0 atom stereocenters. The Morgan fingerprint density at radius 1 is 0.938 bits per heavy atom. The molecule has 0 aliphatic heterocycles. The zero-order valence-corrected chi connectivity index (χ0v) is 19.8. The molecule has 0 amide bonds. The second-order valence-electron chi connectivity index (χ2n) is 8.96. The van der Waals surface area contributed by atoms with E-state index in [0.717, 1.165) is 52.2 Å². The average Bonchev–Trinajstić information content (AvgIpc) is 3.43. The number of nitrogens with zero attached hydrogens (tertiary/aromatic N) is 4. The smallest absolute Gasteiger partial charge is 0.165 e. The normalized spacial score (nSPS) is 11.8. The van der Waals surface area contributed by atoms with Gasteiger partial charge in [-0.2, -0.15) is 9.61 Å².